The summed E-state index contributed by atoms with van der Waals surface area (Å²) in [4.78, 5) is 11.6. The first-order valence-electron chi connectivity index (χ1n) is 7.14. The van der Waals surface area contributed by atoms with Gasteiger partial charge in [-0.3, -0.25) is 4.79 Å². The molecular weight excluding hydrogens is 254 g/mol. The molecule has 2 unspecified atom stereocenters. The molecule has 112 valence electrons. The zero-order valence-corrected chi connectivity index (χ0v) is 12.6. The smallest absolute Gasteiger partial charge is 0.220 e. The summed E-state index contributed by atoms with van der Waals surface area (Å²) < 4.78 is 5.56. The van der Waals surface area contributed by atoms with E-state index in [1.54, 1.807) is 6.92 Å². The molecule has 0 saturated heterocycles. The van der Waals surface area contributed by atoms with Crippen molar-refractivity contribution in [2.45, 2.75) is 52.2 Å². The maximum Gasteiger partial charge on any atom is 0.220 e. The van der Waals surface area contributed by atoms with Gasteiger partial charge in [0.05, 0.1) is 12.7 Å². The average molecular weight is 279 g/mol. The van der Waals surface area contributed by atoms with Crippen LogP contribution in [0.3, 0.4) is 0 Å². The van der Waals surface area contributed by atoms with Crippen molar-refractivity contribution < 1.29 is 14.6 Å². The molecule has 1 aromatic rings. The number of benzene rings is 1. The van der Waals surface area contributed by atoms with Crippen molar-refractivity contribution >= 4 is 5.91 Å². The Morgan fingerprint density at radius 3 is 2.55 bits per heavy atom. The third-order valence-corrected chi connectivity index (χ3v) is 2.94. The molecule has 0 aliphatic rings. The molecule has 0 fully saturated rings. The summed E-state index contributed by atoms with van der Waals surface area (Å²) >= 11 is 0. The minimum absolute atomic E-state index is 0.000479. The molecule has 0 saturated carbocycles. The van der Waals surface area contributed by atoms with Gasteiger partial charge in [0.15, 0.2) is 0 Å². The summed E-state index contributed by atoms with van der Waals surface area (Å²) in [7, 11) is 0. The fourth-order valence-electron chi connectivity index (χ4n) is 1.97. The second kappa shape index (κ2) is 8.59. The normalized spacial score (nSPS) is 13.6. The highest BCUT2D eigenvalue weighted by molar-refractivity contribution is 5.76. The topological polar surface area (TPSA) is 58.6 Å². The lowest BCUT2D eigenvalue weighted by molar-refractivity contribution is -0.122. The Bertz CT molecular complexity index is 401. The highest BCUT2D eigenvalue weighted by Crippen LogP contribution is 2.11. The van der Waals surface area contributed by atoms with Crippen LogP contribution in [-0.2, 0) is 4.79 Å². The molecule has 4 nitrogen and oxygen atoms in total. The molecular formula is C16H25NO3. The molecule has 2 N–H and O–H groups in total. The zero-order valence-electron chi connectivity index (χ0n) is 12.6. The summed E-state index contributed by atoms with van der Waals surface area (Å²) in [5, 5.41) is 12.1. The van der Waals surface area contributed by atoms with Gasteiger partial charge in [-0.15, -0.1) is 0 Å². The predicted octanol–water partition coefficient (Wildman–Crippen LogP) is 2.43. The number of aliphatic hydroxyl groups is 1. The average Bonchev–Trinajstić information content (AvgIpc) is 2.35. The van der Waals surface area contributed by atoms with Crippen LogP contribution in [0.5, 0.6) is 5.75 Å². The Morgan fingerprint density at radius 2 is 1.95 bits per heavy atom. The third kappa shape index (κ3) is 7.14. The van der Waals surface area contributed by atoms with E-state index in [2.05, 4.69) is 5.32 Å². The van der Waals surface area contributed by atoms with Crippen molar-refractivity contribution in [1.29, 1.82) is 0 Å². The van der Waals surface area contributed by atoms with Gasteiger partial charge in [-0.25, -0.2) is 0 Å². The molecule has 0 spiro atoms. The Balaban J connectivity index is 2.14. The van der Waals surface area contributed by atoms with Crippen molar-refractivity contribution in [2.24, 2.45) is 0 Å². The molecule has 20 heavy (non-hydrogen) atoms. The van der Waals surface area contributed by atoms with E-state index in [0.717, 1.165) is 5.75 Å². The summed E-state index contributed by atoms with van der Waals surface area (Å²) in [6.07, 6.45) is 1.30. The third-order valence-electron chi connectivity index (χ3n) is 2.94. The lowest BCUT2D eigenvalue weighted by atomic mass is 10.1. The van der Waals surface area contributed by atoms with Crippen LogP contribution >= 0.6 is 0 Å². The Kier molecular flexibility index (Phi) is 7.09. The first kappa shape index (κ1) is 16.5. The van der Waals surface area contributed by atoms with Gasteiger partial charge in [0, 0.05) is 12.5 Å². The number of ether oxygens (including phenoxy) is 1. The fourth-order valence-corrected chi connectivity index (χ4v) is 1.97. The predicted molar refractivity (Wildman–Crippen MR) is 79.8 cm³/mol. The standard InChI is InChI=1S/C16H25NO3/c1-12-6-8-15(9-7-12)20-10-4-5-16(19)17-13(2)11-14(3)18/h6-9,13-14,18H,4-5,10-11H2,1-3H3,(H,17,19). The number of rotatable bonds is 8. The molecule has 0 aliphatic carbocycles. The van der Waals surface area contributed by atoms with Gasteiger partial charge in [-0.05, 0) is 45.7 Å². The first-order valence-corrected chi connectivity index (χ1v) is 7.14. The van der Waals surface area contributed by atoms with Crippen LogP contribution in [0.25, 0.3) is 0 Å². The first-order chi connectivity index (χ1) is 9.47. The molecule has 1 rings (SSSR count). The second-order valence-electron chi connectivity index (χ2n) is 5.32. The number of amides is 1. The number of aliphatic hydroxyl groups excluding tert-OH is 1. The summed E-state index contributed by atoms with van der Waals surface area (Å²) in [6.45, 7) is 6.18. The van der Waals surface area contributed by atoms with Crippen LogP contribution in [-0.4, -0.2) is 29.8 Å². The van der Waals surface area contributed by atoms with Crippen molar-refractivity contribution in [3.63, 3.8) is 0 Å². The number of hydrogen-bond acceptors (Lipinski definition) is 3. The van der Waals surface area contributed by atoms with Crippen LogP contribution < -0.4 is 10.1 Å². The molecule has 2 atom stereocenters. The van der Waals surface area contributed by atoms with E-state index in [0.29, 0.717) is 25.9 Å². The number of aryl methyl sites for hydroxylation is 1. The molecule has 0 radical (unpaired) electrons. The number of hydrogen-bond donors (Lipinski definition) is 2. The minimum atomic E-state index is -0.393. The van der Waals surface area contributed by atoms with Crippen LogP contribution in [0.1, 0.15) is 38.7 Å². The molecule has 0 aliphatic heterocycles. The van der Waals surface area contributed by atoms with Gasteiger partial charge in [0.1, 0.15) is 5.75 Å². The maximum atomic E-state index is 11.6. The van der Waals surface area contributed by atoms with E-state index in [9.17, 15) is 9.90 Å². The molecule has 4 heteroatoms. The number of carbonyl (C=O) groups excluding carboxylic acids is 1. The minimum Gasteiger partial charge on any atom is -0.494 e. The Labute approximate surface area is 121 Å². The quantitative estimate of drug-likeness (QED) is 0.719. The van der Waals surface area contributed by atoms with Crippen LogP contribution in [0.4, 0.5) is 0 Å². The van der Waals surface area contributed by atoms with E-state index in [1.165, 1.54) is 5.56 Å². The lowest BCUT2D eigenvalue weighted by Crippen LogP contribution is -2.34. The van der Waals surface area contributed by atoms with Gasteiger partial charge < -0.3 is 15.2 Å². The Morgan fingerprint density at radius 1 is 1.30 bits per heavy atom. The highest BCUT2D eigenvalue weighted by Gasteiger charge is 2.09. The Hall–Kier alpha value is -1.55. The van der Waals surface area contributed by atoms with Crippen molar-refractivity contribution in [2.75, 3.05) is 6.61 Å². The van der Waals surface area contributed by atoms with Gasteiger partial charge in [0.2, 0.25) is 5.91 Å². The van der Waals surface area contributed by atoms with E-state index < -0.39 is 6.10 Å². The van der Waals surface area contributed by atoms with Gasteiger partial charge in [-0.2, -0.15) is 0 Å². The fraction of sp³-hybridized carbons (Fsp3) is 0.562. The molecule has 1 aromatic carbocycles. The van der Waals surface area contributed by atoms with Gasteiger partial charge >= 0.3 is 0 Å². The molecule has 0 heterocycles. The van der Waals surface area contributed by atoms with E-state index in [4.69, 9.17) is 4.74 Å². The van der Waals surface area contributed by atoms with E-state index in [-0.39, 0.29) is 11.9 Å². The number of nitrogens with one attached hydrogen (secondary N) is 1. The summed E-state index contributed by atoms with van der Waals surface area (Å²) in [6, 6.07) is 7.86. The van der Waals surface area contributed by atoms with E-state index >= 15 is 0 Å². The van der Waals surface area contributed by atoms with Crippen molar-refractivity contribution in [1.82, 2.24) is 5.32 Å². The highest BCUT2D eigenvalue weighted by atomic mass is 16.5. The molecule has 0 bridgehead atoms. The van der Waals surface area contributed by atoms with Gasteiger partial charge in [-0.1, -0.05) is 17.7 Å². The SMILES string of the molecule is Cc1ccc(OCCCC(=O)NC(C)CC(C)O)cc1. The number of carbonyl (C=O) groups is 1. The maximum absolute atomic E-state index is 11.6. The lowest BCUT2D eigenvalue weighted by Gasteiger charge is -2.15. The van der Waals surface area contributed by atoms with Crippen molar-refractivity contribution in [3.05, 3.63) is 29.8 Å². The van der Waals surface area contributed by atoms with Crippen LogP contribution in [0.15, 0.2) is 24.3 Å². The summed E-state index contributed by atoms with van der Waals surface area (Å²) in [5.41, 5.74) is 1.20. The second-order valence-corrected chi connectivity index (χ2v) is 5.32. The zero-order chi connectivity index (χ0) is 15.0. The largest absolute Gasteiger partial charge is 0.494 e. The van der Waals surface area contributed by atoms with Gasteiger partial charge in [0.25, 0.3) is 0 Å². The van der Waals surface area contributed by atoms with Crippen LogP contribution in [0, 0.1) is 6.92 Å². The van der Waals surface area contributed by atoms with Crippen LogP contribution in [0.2, 0.25) is 0 Å². The summed E-state index contributed by atoms with van der Waals surface area (Å²) in [5.74, 6) is 0.837. The molecule has 1 amide bonds. The monoisotopic (exact) mass is 279 g/mol. The van der Waals surface area contributed by atoms with E-state index in [1.807, 2.05) is 38.1 Å². The molecule has 0 aromatic heterocycles. The van der Waals surface area contributed by atoms with Crippen molar-refractivity contribution in [3.8, 4) is 5.75 Å².